The molecule has 0 bridgehead atoms. The van der Waals surface area contributed by atoms with Gasteiger partial charge in [0.05, 0.1) is 5.56 Å². The van der Waals surface area contributed by atoms with Gasteiger partial charge in [-0.25, -0.2) is 9.50 Å². The van der Waals surface area contributed by atoms with E-state index in [2.05, 4.69) is 44.6 Å². The molecule has 0 unspecified atom stereocenters. The lowest BCUT2D eigenvalue weighted by atomic mass is 9.78. The Bertz CT molecular complexity index is 973. The van der Waals surface area contributed by atoms with E-state index < -0.39 is 0 Å². The van der Waals surface area contributed by atoms with Gasteiger partial charge in [0.2, 0.25) is 0 Å². The molecule has 2 aliphatic heterocycles. The lowest BCUT2D eigenvalue weighted by Crippen LogP contribution is -2.57. The van der Waals surface area contributed by atoms with Gasteiger partial charge in [-0.2, -0.15) is 10.1 Å². The second-order valence-electron chi connectivity index (χ2n) is 7.22. The number of carbonyl (C=O) groups excluding carboxylic acids is 1. The molecule has 3 aromatic rings. The standard InChI is InChI=1S/C19H20N6O/c26-17(16-10-20-18-21-13-23-25(18)12-16)24-7-5-19(6-8-24)9-14-3-1-2-4-15(14)11-22-19/h1-4,10,12-13,22H,5-9,11H2. The fraction of sp³-hybridized carbons (Fsp3) is 0.368. The first-order chi connectivity index (χ1) is 12.7. The minimum atomic E-state index is 0.0148. The van der Waals surface area contributed by atoms with Crippen molar-refractivity contribution in [3.05, 3.63) is 59.7 Å². The van der Waals surface area contributed by atoms with Crippen molar-refractivity contribution >= 4 is 11.7 Å². The molecule has 1 fully saturated rings. The molecule has 1 saturated heterocycles. The monoisotopic (exact) mass is 348 g/mol. The average Bonchev–Trinajstić information content (AvgIpc) is 3.16. The molecular weight excluding hydrogens is 328 g/mol. The van der Waals surface area contributed by atoms with Crippen LogP contribution in [0.15, 0.2) is 43.0 Å². The zero-order valence-corrected chi connectivity index (χ0v) is 14.4. The third-order valence-corrected chi connectivity index (χ3v) is 5.69. The molecule has 0 atom stereocenters. The topological polar surface area (TPSA) is 75.4 Å². The number of rotatable bonds is 1. The summed E-state index contributed by atoms with van der Waals surface area (Å²) in [6.45, 7) is 2.42. The number of hydrogen-bond acceptors (Lipinski definition) is 5. The van der Waals surface area contributed by atoms with Crippen LogP contribution < -0.4 is 5.32 Å². The lowest BCUT2D eigenvalue weighted by Gasteiger charge is -2.45. The van der Waals surface area contributed by atoms with Gasteiger partial charge in [0, 0.05) is 37.6 Å². The van der Waals surface area contributed by atoms with Crippen LogP contribution in [0, 0.1) is 0 Å². The van der Waals surface area contributed by atoms with E-state index >= 15 is 0 Å². The van der Waals surface area contributed by atoms with E-state index in [1.165, 1.54) is 22.0 Å². The number of hydrogen-bond donors (Lipinski definition) is 1. The molecule has 132 valence electrons. The van der Waals surface area contributed by atoms with Gasteiger partial charge in [0.1, 0.15) is 6.33 Å². The third kappa shape index (κ3) is 2.55. The third-order valence-electron chi connectivity index (χ3n) is 5.69. The Kier molecular flexibility index (Phi) is 3.49. The summed E-state index contributed by atoms with van der Waals surface area (Å²) in [6.07, 6.45) is 7.70. The molecular formula is C19H20N6O. The predicted octanol–water partition coefficient (Wildman–Crippen LogP) is 1.45. The second-order valence-corrected chi connectivity index (χ2v) is 7.22. The molecule has 1 N–H and O–H groups in total. The lowest BCUT2D eigenvalue weighted by molar-refractivity contribution is 0.0630. The van der Waals surface area contributed by atoms with E-state index in [1.807, 2.05) is 4.90 Å². The first kappa shape index (κ1) is 15.5. The van der Waals surface area contributed by atoms with Gasteiger partial charge in [-0.05, 0) is 30.4 Å². The molecule has 1 aromatic carbocycles. The maximum atomic E-state index is 12.8. The molecule has 26 heavy (non-hydrogen) atoms. The number of amides is 1. The number of carbonyl (C=O) groups is 1. The van der Waals surface area contributed by atoms with Gasteiger partial charge in [-0.3, -0.25) is 4.79 Å². The number of nitrogens with zero attached hydrogens (tertiary/aromatic N) is 5. The predicted molar refractivity (Wildman–Crippen MR) is 95.6 cm³/mol. The summed E-state index contributed by atoms with van der Waals surface area (Å²) in [6, 6.07) is 8.64. The molecule has 1 spiro atoms. The van der Waals surface area contributed by atoms with Crippen LogP contribution in [0.2, 0.25) is 0 Å². The highest BCUT2D eigenvalue weighted by molar-refractivity contribution is 5.93. The van der Waals surface area contributed by atoms with Gasteiger partial charge in [0.15, 0.2) is 0 Å². The first-order valence-corrected chi connectivity index (χ1v) is 8.99. The first-order valence-electron chi connectivity index (χ1n) is 8.99. The molecule has 7 heteroatoms. The summed E-state index contributed by atoms with van der Waals surface area (Å²) in [4.78, 5) is 23.0. The molecule has 5 rings (SSSR count). The van der Waals surface area contributed by atoms with E-state index in [0.29, 0.717) is 11.3 Å². The van der Waals surface area contributed by atoms with Crippen LogP contribution >= 0.6 is 0 Å². The van der Waals surface area contributed by atoms with Crippen molar-refractivity contribution in [2.75, 3.05) is 13.1 Å². The van der Waals surface area contributed by atoms with Crippen molar-refractivity contribution < 1.29 is 4.79 Å². The normalized spacial score (nSPS) is 18.8. The number of nitrogens with one attached hydrogen (secondary N) is 1. The maximum Gasteiger partial charge on any atom is 0.256 e. The molecule has 2 aromatic heterocycles. The maximum absolute atomic E-state index is 12.8. The molecule has 1 amide bonds. The van der Waals surface area contributed by atoms with Crippen molar-refractivity contribution in [2.45, 2.75) is 31.3 Å². The Hall–Kier alpha value is -2.80. The van der Waals surface area contributed by atoms with Crippen LogP contribution in [-0.2, 0) is 13.0 Å². The van der Waals surface area contributed by atoms with Crippen molar-refractivity contribution in [2.24, 2.45) is 0 Å². The summed E-state index contributed by atoms with van der Waals surface area (Å²) in [7, 11) is 0. The van der Waals surface area contributed by atoms with Gasteiger partial charge >= 0.3 is 0 Å². The summed E-state index contributed by atoms with van der Waals surface area (Å²) < 4.78 is 1.54. The molecule has 0 aliphatic carbocycles. The van der Waals surface area contributed by atoms with Crippen LogP contribution in [0.3, 0.4) is 0 Å². The highest BCUT2D eigenvalue weighted by Gasteiger charge is 2.38. The van der Waals surface area contributed by atoms with Gasteiger partial charge < -0.3 is 10.2 Å². The number of benzene rings is 1. The largest absolute Gasteiger partial charge is 0.338 e. The Morgan fingerprint density at radius 2 is 1.92 bits per heavy atom. The highest BCUT2D eigenvalue weighted by Crippen LogP contribution is 2.32. The fourth-order valence-electron chi connectivity index (χ4n) is 4.12. The number of likely N-dealkylation sites (tertiary alicyclic amines) is 1. The van der Waals surface area contributed by atoms with Crippen molar-refractivity contribution in [1.29, 1.82) is 0 Å². The van der Waals surface area contributed by atoms with E-state index in [1.54, 1.807) is 12.4 Å². The van der Waals surface area contributed by atoms with Crippen molar-refractivity contribution in [1.82, 2.24) is 29.8 Å². The van der Waals surface area contributed by atoms with E-state index in [0.717, 1.165) is 38.9 Å². The summed E-state index contributed by atoms with van der Waals surface area (Å²) in [5.74, 6) is 0.519. The SMILES string of the molecule is O=C(c1cnc2ncnn2c1)N1CCC2(CC1)Cc1ccccc1CN2. The fourth-order valence-corrected chi connectivity index (χ4v) is 4.12. The highest BCUT2D eigenvalue weighted by atomic mass is 16.2. The minimum absolute atomic E-state index is 0.0148. The summed E-state index contributed by atoms with van der Waals surface area (Å²) in [5, 5.41) is 7.80. The van der Waals surface area contributed by atoms with E-state index in [9.17, 15) is 4.79 Å². The zero-order valence-electron chi connectivity index (χ0n) is 14.4. The second kappa shape index (κ2) is 5.88. The number of piperidine rings is 1. The summed E-state index contributed by atoms with van der Waals surface area (Å²) >= 11 is 0. The molecule has 2 aliphatic rings. The number of fused-ring (bicyclic) bond motifs is 2. The van der Waals surface area contributed by atoms with Crippen molar-refractivity contribution in [3.63, 3.8) is 0 Å². The smallest absolute Gasteiger partial charge is 0.256 e. The Balaban J connectivity index is 1.30. The van der Waals surface area contributed by atoms with Gasteiger partial charge in [0.25, 0.3) is 11.7 Å². The van der Waals surface area contributed by atoms with Crippen LogP contribution in [0.1, 0.15) is 34.3 Å². The minimum Gasteiger partial charge on any atom is -0.338 e. The quantitative estimate of drug-likeness (QED) is 0.720. The Morgan fingerprint density at radius 3 is 2.77 bits per heavy atom. The van der Waals surface area contributed by atoms with Gasteiger partial charge in [-0.15, -0.1) is 0 Å². The van der Waals surface area contributed by atoms with E-state index in [4.69, 9.17) is 0 Å². The van der Waals surface area contributed by atoms with Crippen molar-refractivity contribution in [3.8, 4) is 0 Å². The molecule has 7 nitrogen and oxygen atoms in total. The molecule has 0 saturated carbocycles. The average molecular weight is 348 g/mol. The van der Waals surface area contributed by atoms with Crippen LogP contribution in [0.5, 0.6) is 0 Å². The Labute approximate surface area is 151 Å². The number of aromatic nitrogens is 4. The van der Waals surface area contributed by atoms with Crippen LogP contribution in [0.25, 0.3) is 5.78 Å². The van der Waals surface area contributed by atoms with Crippen LogP contribution in [0.4, 0.5) is 0 Å². The van der Waals surface area contributed by atoms with E-state index in [-0.39, 0.29) is 11.4 Å². The Morgan fingerprint density at radius 1 is 1.12 bits per heavy atom. The zero-order chi connectivity index (χ0) is 17.6. The molecule has 4 heterocycles. The van der Waals surface area contributed by atoms with Crippen LogP contribution in [-0.4, -0.2) is 49.0 Å². The van der Waals surface area contributed by atoms with Gasteiger partial charge in [-0.1, -0.05) is 24.3 Å². The summed E-state index contributed by atoms with van der Waals surface area (Å²) in [5.41, 5.74) is 3.50. The molecule has 0 radical (unpaired) electrons.